The Hall–Kier alpha value is -2.77. The average Bonchev–Trinajstić information content (AvgIpc) is 3.08. The van der Waals surface area contributed by atoms with Crippen LogP contribution >= 0.6 is 0 Å². The van der Waals surface area contributed by atoms with Crippen LogP contribution in [0.25, 0.3) is 0 Å². The molecule has 7 nitrogen and oxygen atoms in total. The molecule has 0 spiro atoms. The molecule has 0 unspecified atom stereocenters. The van der Waals surface area contributed by atoms with Crippen molar-refractivity contribution < 1.29 is 14.6 Å². The van der Waals surface area contributed by atoms with Crippen LogP contribution in [-0.2, 0) is 22.5 Å². The second-order valence-corrected chi connectivity index (χ2v) is 7.19. The molecule has 2 N–H and O–H groups in total. The lowest BCUT2D eigenvalue weighted by Crippen LogP contribution is -2.53. The molecule has 0 aliphatic carbocycles. The van der Waals surface area contributed by atoms with Gasteiger partial charge in [-0.25, -0.2) is 0 Å². The molecule has 1 aromatic carbocycles. The van der Waals surface area contributed by atoms with Crippen molar-refractivity contribution in [3.63, 3.8) is 0 Å². The van der Waals surface area contributed by atoms with Gasteiger partial charge in [0.15, 0.2) is 0 Å². The topological polar surface area (TPSA) is 87.0 Å². The van der Waals surface area contributed by atoms with E-state index < -0.39 is 0 Å². The highest BCUT2D eigenvalue weighted by Crippen LogP contribution is 2.24. The number of carbonyl (C=O) groups is 1. The minimum atomic E-state index is -0.271. The Morgan fingerprint density at radius 1 is 1.36 bits per heavy atom. The van der Waals surface area contributed by atoms with Crippen molar-refractivity contribution in [2.24, 2.45) is 4.99 Å². The van der Waals surface area contributed by atoms with E-state index in [4.69, 9.17) is 4.74 Å². The van der Waals surface area contributed by atoms with Crippen LogP contribution in [-0.4, -0.2) is 59.6 Å². The molecule has 0 saturated carbocycles. The van der Waals surface area contributed by atoms with Crippen molar-refractivity contribution in [3.8, 4) is 0 Å². The molecule has 1 saturated heterocycles. The first-order valence-electron chi connectivity index (χ1n) is 9.43. The Morgan fingerprint density at radius 2 is 2.14 bits per heavy atom. The lowest BCUT2D eigenvalue weighted by Gasteiger charge is -2.37. The Bertz CT molecular complexity index is 878. The number of rotatable bonds is 6. The number of methoxy groups -OCH3 is 1. The standard InChI is InChI=1S/C21H24N4O3/c1-28-13-19(14-5-3-2-4-6-14)24-20(27)8-16-7-15-9-23-21(18(15)10-22-16)25-11-17(26)12-25/h2-7,10,17,19,26H,8-9,11-13H2,1H3,(H,24,27)/t19-/m1/s1. The Kier molecular flexibility index (Phi) is 5.36. The number of aromatic nitrogens is 1. The first-order chi connectivity index (χ1) is 13.6. The van der Waals surface area contributed by atoms with Gasteiger partial charge in [-0.3, -0.25) is 14.8 Å². The number of likely N-dealkylation sites (tertiary alicyclic amines) is 1. The summed E-state index contributed by atoms with van der Waals surface area (Å²) >= 11 is 0. The predicted molar refractivity (Wildman–Crippen MR) is 105 cm³/mol. The summed E-state index contributed by atoms with van der Waals surface area (Å²) in [5.74, 6) is 0.802. The monoisotopic (exact) mass is 380 g/mol. The number of ether oxygens (including phenoxy) is 1. The van der Waals surface area contributed by atoms with E-state index >= 15 is 0 Å². The van der Waals surface area contributed by atoms with E-state index in [-0.39, 0.29) is 24.5 Å². The zero-order valence-corrected chi connectivity index (χ0v) is 15.8. The van der Waals surface area contributed by atoms with Gasteiger partial charge < -0.3 is 20.1 Å². The molecule has 0 radical (unpaired) electrons. The van der Waals surface area contributed by atoms with E-state index in [9.17, 15) is 9.90 Å². The number of benzene rings is 1. The number of hydrogen-bond donors (Lipinski definition) is 2. The van der Waals surface area contributed by atoms with E-state index in [2.05, 4.69) is 20.2 Å². The number of nitrogens with one attached hydrogen (secondary N) is 1. The van der Waals surface area contributed by atoms with Crippen molar-refractivity contribution in [1.82, 2.24) is 15.2 Å². The van der Waals surface area contributed by atoms with Crippen LogP contribution < -0.4 is 5.32 Å². The fourth-order valence-corrected chi connectivity index (χ4v) is 3.60. The van der Waals surface area contributed by atoms with Gasteiger partial charge in [0.2, 0.25) is 5.91 Å². The second kappa shape index (κ2) is 8.08. The van der Waals surface area contributed by atoms with Gasteiger partial charge in [-0.1, -0.05) is 30.3 Å². The van der Waals surface area contributed by atoms with Gasteiger partial charge in [-0.05, 0) is 17.2 Å². The molecule has 1 fully saturated rings. The fourth-order valence-electron chi connectivity index (χ4n) is 3.60. The molecule has 0 bridgehead atoms. The molecule has 3 heterocycles. The molecule has 28 heavy (non-hydrogen) atoms. The zero-order valence-electron chi connectivity index (χ0n) is 15.8. The molecule has 4 rings (SSSR count). The number of hydrogen-bond acceptors (Lipinski definition) is 6. The van der Waals surface area contributed by atoms with E-state index in [1.807, 2.05) is 36.4 Å². The summed E-state index contributed by atoms with van der Waals surface area (Å²) in [6.07, 6.45) is 1.73. The molecule has 2 aromatic rings. The number of pyridine rings is 1. The van der Waals surface area contributed by atoms with Crippen LogP contribution in [0.1, 0.15) is 28.4 Å². The number of carbonyl (C=O) groups excluding carboxylic acids is 1. The smallest absolute Gasteiger partial charge is 0.226 e. The number of aliphatic hydroxyl groups is 1. The average molecular weight is 380 g/mol. The number of amides is 1. The van der Waals surface area contributed by atoms with Gasteiger partial charge in [-0.15, -0.1) is 0 Å². The van der Waals surface area contributed by atoms with Crippen molar-refractivity contribution in [3.05, 3.63) is 65.0 Å². The van der Waals surface area contributed by atoms with E-state index in [1.165, 1.54) is 0 Å². The van der Waals surface area contributed by atoms with Crippen molar-refractivity contribution in [1.29, 1.82) is 0 Å². The Morgan fingerprint density at radius 3 is 2.86 bits per heavy atom. The minimum Gasteiger partial charge on any atom is -0.389 e. The normalized spacial score (nSPS) is 16.9. The highest BCUT2D eigenvalue weighted by atomic mass is 16.5. The molecule has 2 aliphatic rings. The van der Waals surface area contributed by atoms with Gasteiger partial charge in [0.05, 0.1) is 37.4 Å². The number of aliphatic hydroxyl groups excluding tert-OH is 1. The molecule has 1 atom stereocenters. The molecular formula is C21H24N4O3. The van der Waals surface area contributed by atoms with Crippen LogP contribution in [0.2, 0.25) is 0 Å². The lowest BCUT2D eigenvalue weighted by molar-refractivity contribution is -0.121. The van der Waals surface area contributed by atoms with Crippen LogP contribution in [0.15, 0.2) is 47.6 Å². The quantitative estimate of drug-likeness (QED) is 0.783. The van der Waals surface area contributed by atoms with Crippen molar-refractivity contribution in [2.45, 2.75) is 25.1 Å². The summed E-state index contributed by atoms with van der Waals surface area (Å²) in [6, 6.07) is 11.5. The summed E-state index contributed by atoms with van der Waals surface area (Å²) in [4.78, 5) is 23.7. The van der Waals surface area contributed by atoms with Crippen molar-refractivity contribution >= 4 is 11.7 Å². The molecule has 2 aliphatic heterocycles. The molecule has 1 aromatic heterocycles. The van der Waals surface area contributed by atoms with Crippen LogP contribution in [0, 0.1) is 0 Å². The molecule has 146 valence electrons. The first-order valence-corrected chi connectivity index (χ1v) is 9.43. The summed E-state index contributed by atoms with van der Waals surface area (Å²) in [6.45, 7) is 2.22. The second-order valence-electron chi connectivity index (χ2n) is 7.19. The van der Waals surface area contributed by atoms with Crippen LogP contribution in [0.3, 0.4) is 0 Å². The molecule has 7 heteroatoms. The lowest BCUT2D eigenvalue weighted by atomic mass is 10.1. The maximum Gasteiger partial charge on any atom is 0.226 e. The number of nitrogens with zero attached hydrogens (tertiary/aromatic N) is 3. The van der Waals surface area contributed by atoms with E-state index in [1.54, 1.807) is 13.3 Å². The minimum absolute atomic E-state index is 0.0941. The Balaban J connectivity index is 1.40. The van der Waals surface area contributed by atoms with E-state index in [0.717, 1.165) is 28.2 Å². The van der Waals surface area contributed by atoms with Gasteiger partial charge in [-0.2, -0.15) is 0 Å². The first kappa shape index (κ1) is 18.6. The Labute approximate surface area is 164 Å². The molecular weight excluding hydrogens is 356 g/mol. The number of fused-ring (bicyclic) bond motifs is 1. The largest absolute Gasteiger partial charge is 0.389 e. The van der Waals surface area contributed by atoms with Crippen LogP contribution in [0.4, 0.5) is 0 Å². The molecule has 1 amide bonds. The van der Waals surface area contributed by atoms with Gasteiger partial charge >= 0.3 is 0 Å². The maximum absolute atomic E-state index is 12.6. The highest BCUT2D eigenvalue weighted by Gasteiger charge is 2.31. The predicted octanol–water partition coefficient (Wildman–Crippen LogP) is 1.06. The van der Waals surface area contributed by atoms with Crippen LogP contribution in [0.5, 0.6) is 0 Å². The number of amidine groups is 1. The van der Waals surface area contributed by atoms with Gasteiger partial charge in [0.25, 0.3) is 0 Å². The number of β-amino-alcohol motifs (C(OH)–C–C–N with tert-alkyl or cyclic N) is 1. The van der Waals surface area contributed by atoms with Gasteiger partial charge in [0.1, 0.15) is 5.84 Å². The third kappa shape index (κ3) is 3.90. The van der Waals surface area contributed by atoms with E-state index in [0.29, 0.717) is 26.2 Å². The highest BCUT2D eigenvalue weighted by molar-refractivity contribution is 6.02. The third-order valence-electron chi connectivity index (χ3n) is 5.06. The summed E-state index contributed by atoms with van der Waals surface area (Å²) in [5.41, 5.74) is 3.80. The summed E-state index contributed by atoms with van der Waals surface area (Å²) in [5, 5.41) is 12.5. The third-order valence-corrected chi connectivity index (χ3v) is 5.06. The number of aliphatic imine (C=N–C) groups is 1. The SMILES string of the molecule is COC[C@@H](NC(=O)Cc1cc2c(cn1)C(N1CC(O)C1)=NC2)c1ccccc1. The zero-order chi connectivity index (χ0) is 19.5. The summed E-state index contributed by atoms with van der Waals surface area (Å²) < 4.78 is 5.26. The van der Waals surface area contributed by atoms with Gasteiger partial charge in [0, 0.05) is 32.0 Å². The van der Waals surface area contributed by atoms with Crippen molar-refractivity contribution in [2.75, 3.05) is 26.8 Å². The maximum atomic E-state index is 12.6. The summed E-state index contributed by atoms with van der Waals surface area (Å²) in [7, 11) is 1.62. The fraction of sp³-hybridized carbons (Fsp3) is 0.381.